The normalized spacial score (nSPS) is 13.2. The number of rotatable bonds is 4. The van der Waals surface area contributed by atoms with Crippen molar-refractivity contribution >= 4 is 23.2 Å². The number of benzene rings is 1. The molecule has 1 atom stereocenters. The highest BCUT2D eigenvalue weighted by atomic mass is 35.5. The third-order valence-electron chi connectivity index (χ3n) is 2.34. The minimum atomic E-state index is -4.52. The van der Waals surface area contributed by atoms with Crippen LogP contribution < -0.4 is 11.1 Å². The summed E-state index contributed by atoms with van der Waals surface area (Å²) in [5, 5.41) is 2.24. The zero-order valence-corrected chi connectivity index (χ0v) is 10.7. The molecule has 0 spiro atoms. The summed E-state index contributed by atoms with van der Waals surface area (Å²) in [5.41, 5.74) is 4.23. The van der Waals surface area contributed by atoms with Gasteiger partial charge >= 0.3 is 6.18 Å². The van der Waals surface area contributed by atoms with E-state index in [2.05, 4.69) is 5.32 Å². The first kappa shape index (κ1) is 15.7. The molecule has 1 unspecified atom stereocenters. The lowest BCUT2D eigenvalue weighted by atomic mass is 10.2. The lowest BCUT2D eigenvalue weighted by Crippen LogP contribution is -2.36. The molecule has 0 radical (unpaired) electrons. The summed E-state index contributed by atoms with van der Waals surface area (Å²) >= 11 is 5.73. The molecule has 106 valence electrons. The second-order valence-electron chi connectivity index (χ2n) is 3.64. The van der Waals surface area contributed by atoms with Crippen molar-refractivity contribution in [3.63, 3.8) is 0 Å². The van der Waals surface area contributed by atoms with Gasteiger partial charge in [0, 0.05) is 13.7 Å². The zero-order chi connectivity index (χ0) is 14.6. The Hall–Kier alpha value is -1.31. The minimum absolute atomic E-state index is 0.00627. The van der Waals surface area contributed by atoms with Crippen molar-refractivity contribution in [1.82, 2.24) is 0 Å². The van der Waals surface area contributed by atoms with Crippen molar-refractivity contribution in [2.24, 2.45) is 5.73 Å². The Bertz CT molecular complexity index is 462. The first-order valence-electron chi connectivity index (χ1n) is 5.20. The van der Waals surface area contributed by atoms with Crippen LogP contribution in [0.25, 0.3) is 0 Å². The molecule has 0 aromatic heterocycles. The summed E-state index contributed by atoms with van der Waals surface area (Å²) in [5.74, 6) is -0.661. The molecule has 1 rings (SSSR count). The summed E-state index contributed by atoms with van der Waals surface area (Å²) in [6.07, 6.45) is -5.47. The maximum absolute atomic E-state index is 12.5. The molecule has 19 heavy (non-hydrogen) atoms. The number of methoxy groups -OCH3 is 1. The summed E-state index contributed by atoms with van der Waals surface area (Å²) in [6.45, 7) is -0.0983. The minimum Gasteiger partial charge on any atom is -0.370 e. The van der Waals surface area contributed by atoms with Crippen molar-refractivity contribution in [2.75, 3.05) is 19.0 Å². The van der Waals surface area contributed by atoms with Crippen LogP contribution in [0.3, 0.4) is 0 Å². The molecule has 3 N–H and O–H groups in total. The number of amides is 1. The van der Waals surface area contributed by atoms with Crippen LogP contribution >= 0.6 is 11.6 Å². The number of nitrogens with two attached hydrogens (primary N) is 1. The summed E-state index contributed by atoms with van der Waals surface area (Å²) in [7, 11) is 1.27. The molecule has 8 heteroatoms. The van der Waals surface area contributed by atoms with Gasteiger partial charge < -0.3 is 15.8 Å². The van der Waals surface area contributed by atoms with Crippen LogP contribution in [-0.2, 0) is 15.7 Å². The fourth-order valence-corrected chi connectivity index (χ4v) is 1.49. The van der Waals surface area contributed by atoms with Gasteiger partial charge in [0.1, 0.15) is 6.10 Å². The number of carbonyl (C=O) groups is 1. The molecule has 0 heterocycles. The first-order valence-corrected chi connectivity index (χ1v) is 5.58. The van der Waals surface area contributed by atoms with Gasteiger partial charge in [-0.3, -0.25) is 4.79 Å². The SMILES string of the molecule is COC(CN)C(=O)Nc1cc(C(F)(F)F)ccc1Cl. The number of hydrogen-bond acceptors (Lipinski definition) is 3. The van der Waals surface area contributed by atoms with Crippen LogP contribution in [0.5, 0.6) is 0 Å². The Morgan fingerprint density at radius 2 is 2.16 bits per heavy atom. The Labute approximate surface area is 112 Å². The first-order chi connectivity index (χ1) is 8.79. The zero-order valence-electron chi connectivity index (χ0n) is 9.92. The maximum Gasteiger partial charge on any atom is 0.416 e. The third-order valence-corrected chi connectivity index (χ3v) is 2.67. The van der Waals surface area contributed by atoms with Gasteiger partial charge in [0.05, 0.1) is 16.3 Å². The molecule has 0 fully saturated rings. The Morgan fingerprint density at radius 3 is 2.63 bits per heavy atom. The molecule has 1 amide bonds. The predicted octanol–water partition coefficient (Wildman–Crippen LogP) is 2.27. The van der Waals surface area contributed by atoms with Crippen molar-refractivity contribution in [1.29, 1.82) is 0 Å². The van der Waals surface area contributed by atoms with Crippen LogP contribution in [-0.4, -0.2) is 25.7 Å². The van der Waals surface area contributed by atoms with Gasteiger partial charge in [-0.1, -0.05) is 11.6 Å². The van der Waals surface area contributed by atoms with Crippen LogP contribution in [0.2, 0.25) is 5.02 Å². The summed E-state index contributed by atoms with van der Waals surface area (Å²) in [4.78, 5) is 11.6. The second-order valence-corrected chi connectivity index (χ2v) is 4.05. The molecule has 0 aliphatic heterocycles. The highest BCUT2D eigenvalue weighted by Gasteiger charge is 2.31. The van der Waals surface area contributed by atoms with Crippen molar-refractivity contribution in [2.45, 2.75) is 12.3 Å². The van der Waals surface area contributed by atoms with Gasteiger partial charge in [0.2, 0.25) is 0 Å². The molecular formula is C11H12ClF3N2O2. The lowest BCUT2D eigenvalue weighted by Gasteiger charge is -2.15. The molecule has 0 saturated heterocycles. The van der Waals surface area contributed by atoms with E-state index in [4.69, 9.17) is 22.1 Å². The van der Waals surface area contributed by atoms with Gasteiger partial charge in [-0.05, 0) is 18.2 Å². The number of anilines is 1. The molecule has 0 saturated carbocycles. The van der Waals surface area contributed by atoms with Crippen LogP contribution in [0.15, 0.2) is 18.2 Å². The Kier molecular flexibility index (Phi) is 5.16. The molecule has 1 aromatic carbocycles. The molecule has 0 aliphatic carbocycles. The van der Waals surface area contributed by atoms with E-state index in [-0.39, 0.29) is 17.3 Å². The fraction of sp³-hybridized carbons (Fsp3) is 0.364. The molecule has 1 aromatic rings. The molecular weight excluding hydrogens is 285 g/mol. The molecule has 0 aliphatic rings. The van der Waals surface area contributed by atoms with Gasteiger partial charge in [-0.15, -0.1) is 0 Å². The fourth-order valence-electron chi connectivity index (χ4n) is 1.32. The van der Waals surface area contributed by atoms with Crippen LogP contribution in [0, 0.1) is 0 Å². The monoisotopic (exact) mass is 296 g/mol. The van der Waals surface area contributed by atoms with Gasteiger partial charge in [0.15, 0.2) is 0 Å². The number of carbonyl (C=O) groups excluding carboxylic acids is 1. The number of nitrogens with one attached hydrogen (secondary N) is 1. The van der Waals surface area contributed by atoms with Gasteiger partial charge in [0.25, 0.3) is 5.91 Å². The average molecular weight is 297 g/mol. The van der Waals surface area contributed by atoms with E-state index in [0.29, 0.717) is 0 Å². The quantitative estimate of drug-likeness (QED) is 0.896. The largest absolute Gasteiger partial charge is 0.416 e. The summed E-state index contributed by atoms with van der Waals surface area (Å²) in [6, 6.07) is 2.64. The highest BCUT2D eigenvalue weighted by Crippen LogP contribution is 2.33. The number of alkyl halides is 3. The van der Waals surface area contributed by atoms with Gasteiger partial charge in [-0.25, -0.2) is 0 Å². The van der Waals surface area contributed by atoms with E-state index < -0.39 is 23.8 Å². The second kappa shape index (κ2) is 6.23. The van der Waals surface area contributed by atoms with E-state index >= 15 is 0 Å². The van der Waals surface area contributed by atoms with E-state index in [1.165, 1.54) is 7.11 Å². The van der Waals surface area contributed by atoms with Gasteiger partial charge in [-0.2, -0.15) is 13.2 Å². The third kappa shape index (κ3) is 4.09. The highest BCUT2D eigenvalue weighted by molar-refractivity contribution is 6.33. The number of hydrogen-bond donors (Lipinski definition) is 2. The predicted molar refractivity (Wildman–Crippen MR) is 64.9 cm³/mol. The summed E-state index contributed by atoms with van der Waals surface area (Å²) < 4.78 is 42.4. The lowest BCUT2D eigenvalue weighted by molar-refractivity contribution is -0.137. The van der Waals surface area contributed by atoms with Crippen LogP contribution in [0.4, 0.5) is 18.9 Å². The van der Waals surface area contributed by atoms with Crippen molar-refractivity contribution in [3.05, 3.63) is 28.8 Å². The van der Waals surface area contributed by atoms with E-state index in [1.54, 1.807) is 0 Å². The van der Waals surface area contributed by atoms with Crippen molar-refractivity contribution < 1.29 is 22.7 Å². The number of ether oxygens (including phenoxy) is 1. The van der Waals surface area contributed by atoms with Crippen molar-refractivity contribution in [3.8, 4) is 0 Å². The van der Waals surface area contributed by atoms with E-state index in [0.717, 1.165) is 18.2 Å². The van der Waals surface area contributed by atoms with E-state index in [1.807, 2.05) is 0 Å². The van der Waals surface area contributed by atoms with Crippen LogP contribution in [0.1, 0.15) is 5.56 Å². The topological polar surface area (TPSA) is 64.3 Å². The molecule has 4 nitrogen and oxygen atoms in total. The maximum atomic E-state index is 12.5. The Morgan fingerprint density at radius 1 is 1.53 bits per heavy atom. The smallest absolute Gasteiger partial charge is 0.370 e. The molecule has 0 bridgehead atoms. The number of halogens is 4. The van der Waals surface area contributed by atoms with E-state index in [9.17, 15) is 18.0 Å². The standard InChI is InChI=1S/C11H12ClF3N2O2/c1-19-9(5-16)10(18)17-8-4-6(11(13,14)15)2-3-7(8)12/h2-4,9H,5,16H2,1H3,(H,17,18). The Balaban J connectivity index is 2.98. The average Bonchev–Trinajstić information content (AvgIpc) is 2.32.